The van der Waals surface area contributed by atoms with Gasteiger partial charge in [-0.1, -0.05) is 13.0 Å². The summed E-state index contributed by atoms with van der Waals surface area (Å²) in [5, 5.41) is 8.13. The van der Waals surface area contributed by atoms with Crippen LogP contribution in [0.2, 0.25) is 0 Å². The van der Waals surface area contributed by atoms with E-state index in [4.69, 9.17) is 14.6 Å². The lowest BCUT2D eigenvalue weighted by molar-refractivity contribution is 0.102. The van der Waals surface area contributed by atoms with Gasteiger partial charge in [0.1, 0.15) is 13.2 Å². The van der Waals surface area contributed by atoms with E-state index in [1.54, 1.807) is 18.2 Å². The first-order valence-electron chi connectivity index (χ1n) is 10.2. The smallest absolute Gasteiger partial charge is 0.257 e. The SMILES string of the molecule is CCc1ccc(NC(=O)c2cc(C)n(-c3ccc4c(c3)OCCO4)c2C)cc1S(N)(=O)=O. The molecule has 0 fully saturated rings. The maximum Gasteiger partial charge on any atom is 0.257 e. The fourth-order valence-electron chi connectivity index (χ4n) is 3.95. The molecule has 0 saturated heterocycles. The van der Waals surface area contributed by atoms with Crippen LogP contribution in [-0.2, 0) is 16.4 Å². The van der Waals surface area contributed by atoms with E-state index in [0.717, 1.165) is 17.1 Å². The molecule has 1 aliphatic rings. The number of amides is 1. The number of hydrogen-bond acceptors (Lipinski definition) is 5. The standard InChI is InChI=1S/C23H25N3O5S/c1-4-16-5-6-17(12-22(16)32(24,28)29)25-23(27)19-11-14(2)26(15(19)3)18-7-8-20-21(13-18)31-10-9-30-20/h5-8,11-13H,4,9-10H2,1-3H3,(H,25,27)(H2,24,28,29). The van der Waals surface area contributed by atoms with Gasteiger partial charge in [-0.25, -0.2) is 13.6 Å². The third-order valence-corrected chi connectivity index (χ3v) is 6.47. The summed E-state index contributed by atoms with van der Waals surface area (Å²) in [4.78, 5) is 13.0. The van der Waals surface area contributed by atoms with Crippen molar-refractivity contribution in [2.24, 2.45) is 5.14 Å². The number of nitrogens with two attached hydrogens (primary N) is 1. The molecule has 3 aromatic rings. The van der Waals surface area contributed by atoms with Crippen LogP contribution in [0.5, 0.6) is 11.5 Å². The number of aryl methyl sites for hydroxylation is 2. The Balaban J connectivity index is 1.65. The largest absolute Gasteiger partial charge is 0.486 e. The molecule has 8 nitrogen and oxygen atoms in total. The number of carbonyl (C=O) groups is 1. The van der Waals surface area contributed by atoms with Crippen LogP contribution in [0.15, 0.2) is 47.4 Å². The second-order valence-electron chi connectivity index (χ2n) is 7.62. The minimum Gasteiger partial charge on any atom is -0.486 e. The highest BCUT2D eigenvalue weighted by atomic mass is 32.2. The number of anilines is 1. The van der Waals surface area contributed by atoms with E-state index in [0.29, 0.717) is 47.9 Å². The number of benzene rings is 2. The highest BCUT2D eigenvalue weighted by Crippen LogP contribution is 2.33. The number of nitrogens with one attached hydrogen (secondary N) is 1. The summed E-state index contributed by atoms with van der Waals surface area (Å²) in [5.74, 6) is 1.02. The highest BCUT2D eigenvalue weighted by molar-refractivity contribution is 7.89. The molecular weight excluding hydrogens is 430 g/mol. The van der Waals surface area contributed by atoms with E-state index >= 15 is 0 Å². The molecule has 0 atom stereocenters. The van der Waals surface area contributed by atoms with Crippen LogP contribution in [0.1, 0.15) is 34.2 Å². The molecule has 0 unspecified atom stereocenters. The maximum absolute atomic E-state index is 13.0. The van der Waals surface area contributed by atoms with Gasteiger partial charge in [0.25, 0.3) is 5.91 Å². The van der Waals surface area contributed by atoms with Gasteiger partial charge in [-0.3, -0.25) is 4.79 Å². The van der Waals surface area contributed by atoms with Crippen LogP contribution in [-0.4, -0.2) is 32.1 Å². The molecule has 9 heteroatoms. The number of primary sulfonamides is 1. The molecule has 0 aliphatic carbocycles. The van der Waals surface area contributed by atoms with Crippen molar-refractivity contribution >= 4 is 21.6 Å². The molecule has 168 valence electrons. The van der Waals surface area contributed by atoms with E-state index < -0.39 is 10.0 Å². The van der Waals surface area contributed by atoms with E-state index in [-0.39, 0.29) is 10.8 Å². The van der Waals surface area contributed by atoms with Crippen molar-refractivity contribution in [1.82, 2.24) is 4.57 Å². The molecule has 2 heterocycles. The summed E-state index contributed by atoms with van der Waals surface area (Å²) in [6.45, 7) is 6.62. The Morgan fingerprint density at radius 1 is 1.06 bits per heavy atom. The fourth-order valence-corrected chi connectivity index (χ4v) is 4.82. The Morgan fingerprint density at radius 2 is 1.78 bits per heavy atom. The first-order valence-corrected chi connectivity index (χ1v) is 11.8. The topological polar surface area (TPSA) is 113 Å². The number of rotatable bonds is 5. The first kappa shape index (κ1) is 21.9. The van der Waals surface area contributed by atoms with Gasteiger partial charge in [0.2, 0.25) is 10.0 Å². The number of carbonyl (C=O) groups excluding carboxylic acids is 1. The Bertz CT molecular complexity index is 1310. The van der Waals surface area contributed by atoms with Crippen LogP contribution in [0.25, 0.3) is 5.69 Å². The normalized spacial score (nSPS) is 13.1. The van der Waals surface area contributed by atoms with Gasteiger partial charge in [-0.05, 0) is 56.2 Å². The predicted octanol–water partition coefficient (Wildman–Crippen LogP) is 3.33. The van der Waals surface area contributed by atoms with E-state index in [1.165, 1.54) is 6.07 Å². The highest BCUT2D eigenvalue weighted by Gasteiger charge is 2.20. The van der Waals surface area contributed by atoms with Gasteiger partial charge in [-0.2, -0.15) is 0 Å². The van der Waals surface area contributed by atoms with Crippen LogP contribution in [0, 0.1) is 13.8 Å². The monoisotopic (exact) mass is 455 g/mol. The number of ether oxygens (including phenoxy) is 2. The van der Waals surface area contributed by atoms with Crippen molar-refractivity contribution in [3.05, 3.63) is 65.0 Å². The van der Waals surface area contributed by atoms with Crippen molar-refractivity contribution < 1.29 is 22.7 Å². The molecular formula is C23H25N3O5S. The van der Waals surface area contributed by atoms with Gasteiger partial charge >= 0.3 is 0 Å². The summed E-state index contributed by atoms with van der Waals surface area (Å²) in [5.41, 5.74) is 3.91. The van der Waals surface area contributed by atoms with Gasteiger partial charge in [-0.15, -0.1) is 0 Å². The molecule has 0 spiro atoms. The van der Waals surface area contributed by atoms with Crippen LogP contribution in [0.3, 0.4) is 0 Å². The summed E-state index contributed by atoms with van der Waals surface area (Å²) < 4.78 is 37.1. The minimum atomic E-state index is -3.90. The summed E-state index contributed by atoms with van der Waals surface area (Å²) in [7, 11) is -3.90. The lowest BCUT2D eigenvalue weighted by Crippen LogP contribution is -2.17. The molecule has 4 rings (SSSR count). The Hall–Kier alpha value is -3.30. The number of sulfonamides is 1. The quantitative estimate of drug-likeness (QED) is 0.613. The first-order chi connectivity index (χ1) is 15.2. The zero-order valence-corrected chi connectivity index (χ0v) is 19.0. The van der Waals surface area contributed by atoms with Crippen LogP contribution >= 0.6 is 0 Å². The summed E-state index contributed by atoms with van der Waals surface area (Å²) in [6, 6.07) is 12.2. The second-order valence-corrected chi connectivity index (χ2v) is 9.15. The predicted molar refractivity (Wildman–Crippen MR) is 121 cm³/mol. The van der Waals surface area contributed by atoms with Crippen molar-refractivity contribution in [1.29, 1.82) is 0 Å². The average Bonchev–Trinajstić information content (AvgIpc) is 3.06. The number of hydrogen-bond donors (Lipinski definition) is 2. The molecule has 0 radical (unpaired) electrons. The molecule has 0 saturated carbocycles. The number of fused-ring (bicyclic) bond motifs is 1. The molecule has 3 N–H and O–H groups in total. The zero-order chi connectivity index (χ0) is 23.0. The van der Waals surface area contributed by atoms with Crippen molar-refractivity contribution in [2.75, 3.05) is 18.5 Å². The maximum atomic E-state index is 13.0. The summed E-state index contributed by atoms with van der Waals surface area (Å²) in [6.07, 6.45) is 0.511. The van der Waals surface area contributed by atoms with Crippen molar-refractivity contribution in [3.63, 3.8) is 0 Å². The van der Waals surface area contributed by atoms with Gasteiger partial charge in [0.15, 0.2) is 11.5 Å². The van der Waals surface area contributed by atoms with E-state index in [9.17, 15) is 13.2 Å². The molecule has 1 aromatic heterocycles. The van der Waals surface area contributed by atoms with Gasteiger partial charge in [0.05, 0.1) is 10.5 Å². The molecule has 1 amide bonds. The van der Waals surface area contributed by atoms with Crippen LogP contribution in [0.4, 0.5) is 5.69 Å². The number of aromatic nitrogens is 1. The second kappa shape index (κ2) is 8.33. The minimum absolute atomic E-state index is 0.0135. The molecule has 0 bridgehead atoms. The lowest BCUT2D eigenvalue weighted by Gasteiger charge is -2.20. The zero-order valence-electron chi connectivity index (χ0n) is 18.1. The van der Waals surface area contributed by atoms with Crippen LogP contribution < -0.4 is 19.9 Å². The third-order valence-electron chi connectivity index (χ3n) is 5.47. The van der Waals surface area contributed by atoms with Gasteiger partial charge < -0.3 is 19.4 Å². The van der Waals surface area contributed by atoms with Gasteiger partial charge in [0, 0.05) is 28.8 Å². The van der Waals surface area contributed by atoms with Crippen molar-refractivity contribution in [3.8, 4) is 17.2 Å². The molecule has 1 aliphatic heterocycles. The third kappa shape index (κ3) is 4.09. The van der Waals surface area contributed by atoms with E-state index in [2.05, 4.69) is 5.32 Å². The number of nitrogens with zero attached hydrogens (tertiary/aromatic N) is 1. The Labute approximate surface area is 187 Å². The molecule has 32 heavy (non-hydrogen) atoms. The summed E-state index contributed by atoms with van der Waals surface area (Å²) >= 11 is 0. The fraction of sp³-hybridized carbons (Fsp3) is 0.261. The lowest BCUT2D eigenvalue weighted by atomic mass is 10.1. The Kier molecular flexibility index (Phi) is 5.70. The Morgan fingerprint density at radius 3 is 2.47 bits per heavy atom. The van der Waals surface area contributed by atoms with E-state index in [1.807, 2.05) is 43.5 Å². The van der Waals surface area contributed by atoms with Crippen molar-refractivity contribution in [2.45, 2.75) is 32.1 Å². The molecule has 2 aromatic carbocycles. The average molecular weight is 456 g/mol.